The molecule has 1 atom stereocenters. The number of carbonyl (C=O) groups excluding carboxylic acids is 1. The first-order valence-electron chi connectivity index (χ1n) is 7.95. The number of anilines is 1. The highest BCUT2D eigenvalue weighted by Gasteiger charge is 2.31. The lowest BCUT2D eigenvalue weighted by Gasteiger charge is -2.28. The maximum Gasteiger partial charge on any atom is 0.237 e. The number of carbonyl (C=O) groups is 1. The SMILES string of the molecule is O=C(CSC1CCCC1)N(c1ccccc1)[C@@H]1C=CS(=O)(=O)C1. The van der Waals surface area contributed by atoms with E-state index in [-0.39, 0.29) is 11.7 Å². The van der Waals surface area contributed by atoms with E-state index in [0.717, 1.165) is 5.69 Å². The molecule has 124 valence electrons. The van der Waals surface area contributed by atoms with Gasteiger partial charge in [-0.05, 0) is 31.1 Å². The van der Waals surface area contributed by atoms with Crippen molar-refractivity contribution in [2.24, 2.45) is 0 Å². The molecule has 0 radical (unpaired) electrons. The Morgan fingerprint density at radius 3 is 2.48 bits per heavy atom. The molecule has 1 aromatic carbocycles. The Kier molecular flexibility index (Phi) is 5.11. The fourth-order valence-corrected chi connectivity index (χ4v) is 5.59. The zero-order valence-corrected chi connectivity index (χ0v) is 14.6. The van der Waals surface area contributed by atoms with Gasteiger partial charge in [-0.3, -0.25) is 4.79 Å². The van der Waals surface area contributed by atoms with Crippen molar-refractivity contribution in [3.63, 3.8) is 0 Å². The van der Waals surface area contributed by atoms with Gasteiger partial charge in [-0.2, -0.15) is 0 Å². The highest BCUT2D eigenvalue weighted by Crippen LogP contribution is 2.30. The monoisotopic (exact) mass is 351 g/mol. The Bertz CT molecular complexity index is 679. The Labute approximate surface area is 141 Å². The minimum atomic E-state index is -3.19. The second-order valence-corrected chi connectivity index (χ2v) is 9.26. The summed E-state index contributed by atoms with van der Waals surface area (Å²) in [6.07, 6.45) is 6.48. The van der Waals surface area contributed by atoms with Crippen LogP contribution in [0.25, 0.3) is 0 Å². The average Bonchev–Trinajstić information content (AvgIpc) is 3.16. The van der Waals surface area contributed by atoms with E-state index in [1.54, 1.807) is 22.7 Å². The van der Waals surface area contributed by atoms with E-state index in [1.165, 1.54) is 31.1 Å². The van der Waals surface area contributed by atoms with Crippen molar-refractivity contribution < 1.29 is 13.2 Å². The number of amides is 1. The first-order valence-corrected chi connectivity index (χ1v) is 10.7. The van der Waals surface area contributed by atoms with Gasteiger partial charge in [0.25, 0.3) is 0 Å². The molecule has 2 aliphatic rings. The lowest BCUT2D eigenvalue weighted by atomic mass is 10.2. The molecule has 1 amide bonds. The Balaban J connectivity index is 1.75. The lowest BCUT2D eigenvalue weighted by Crippen LogP contribution is -2.42. The molecule has 3 rings (SSSR count). The lowest BCUT2D eigenvalue weighted by molar-refractivity contribution is -0.116. The Morgan fingerprint density at radius 1 is 1.17 bits per heavy atom. The summed E-state index contributed by atoms with van der Waals surface area (Å²) < 4.78 is 23.5. The predicted molar refractivity (Wildman–Crippen MR) is 95.4 cm³/mol. The first-order chi connectivity index (χ1) is 11.1. The second-order valence-electron chi connectivity index (χ2n) is 6.04. The van der Waals surface area contributed by atoms with Crippen molar-refractivity contribution in [3.05, 3.63) is 41.8 Å². The standard InChI is InChI=1S/C17H21NO3S2/c19-17(12-22-16-8-4-5-9-16)18(14-6-2-1-3-7-14)15-10-11-23(20,21)13-15/h1-3,6-7,10-11,15-16H,4-5,8-9,12-13H2/t15-/m1/s1. The highest BCUT2D eigenvalue weighted by molar-refractivity contribution is 8.00. The van der Waals surface area contributed by atoms with Crippen molar-refractivity contribution in [1.82, 2.24) is 0 Å². The molecule has 0 spiro atoms. The van der Waals surface area contributed by atoms with E-state index < -0.39 is 15.9 Å². The number of rotatable bonds is 5. The number of nitrogens with zero attached hydrogens (tertiary/aromatic N) is 1. The highest BCUT2D eigenvalue weighted by atomic mass is 32.2. The van der Waals surface area contributed by atoms with Crippen LogP contribution in [0, 0.1) is 0 Å². The van der Waals surface area contributed by atoms with Gasteiger partial charge in [0, 0.05) is 16.3 Å². The van der Waals surface area contributed by atoms with E-state index in [0.29, 0.717) is 11.0 Å². The summed E-state index contributed by atoms with van der Waals surface area (Å²) in [5, 5.41) is 1.80. The molecule has 1 fully saturated rings. The molecule has 0 N–H and O–H groups in total. The number of sulfone groups is 1. The molecule has 6 heteroatoms. The zero-order valence-electron chi connectivity index (χ0n) is 12.9. The van der Waals surface area contributed by atoms with Gasteiger partial charge in [0.05, 0.1) is 17.5 Å². The van der Waals surface area contributed by atoms with Gasteiger partial charge in [-0.25, -0.2) is 8.42 Å². The molecular formula is C17H21NO3S2. The summed E-state index contributed by atoms with van der Waals surface area (Å²) in [4.78, 5) is 14.4. The number of thioether (sulfide) groups is 1. The van der Waals surface area contributed by atoms with Crippen LogP contribution in [0.4, 0.5) is 5.69 Å². The maximum absolute atomic E-state index is 12.8. The molecule has 1 saturated carbocycles. The van der Waals surface area contributed by atoms with Gasteiger partial charge in [0.1, 0.15) is 0 Å². The zero-order chi connectivity index (χ0) is 16.3. The number of para-hydroxylation sites is 1. The van der Waals surface area contributed by atoms with Crippen LogP contribution >= 0.6 is 11.8 Å². The van der Waals surface area contributed by atoms with E-state index in [2.05, 4.69) is 0 Å². The minimum Gasteiger partial charge on any atom is -0.304 e. The van der Waals surface area contributed by atoms with Crippen molar-refractivity contribution in [1.29, 1.82) is 0 Å². The summed E-state index contributed by atoms with van der Waals surface area (Å²) in [5.41, 5.74) is 0.760. The molecule has 0 unspecified atom stereocenters. The Hall–Kier alpha value is -1.27. The minimum absolute atomic E-state index is 0.0140. The molecule has 1 aliphatic heterocycles. The van der Waals surface area contributed by atoms with Crippen LogP contribution in [-0.4, -0.2) is 37.1 Å². The number of hydrogen-bond donors (Lipinski definition) is 0. The summed E-state index contributed by atoms with van der Waals surface area (Å²) in [7, 11) is -3.19. The third-order valence-corrected chi connectivity index (χ3v) is 7.02. The van der Waals surface area contributed by atoms with Crippen molar-refractivity contribution in [2.75, 3.05) is 16.4 Å². The summed E-state index contributed by atoms with van der Waals surface area (Å²) in [6, 6.07) is 8.94. The van der Waals surface area contributed by atoms with Crippen LogP contribution in [0.1, 0.15) is 25.7 Å². The summed E-state index contributed by atoms with van der Waals surface area (Å²) in [6.45, 7) is 0. The normalized spacial score (nSPS) is 23.2. The third kappa shape index (κ3) is 4.18. The number of hydrogen-bond acceptors (Lipinski definition) is 4. The molecule has 4 nitrogen and oxygen atoms in total. The van der Waals surface area contributed by atoms with Crippen molar-refractivity contribution in [3.8, 4) is 0 Å². The maximum atomic E-state index is 12.8. The van der Waals surface area contributed by atoms with Crippen LogP contribution in [0.5, 0.6) is 0 Å². The van der Waals surface area contributed by atoms with E-state index >= 15 is 0 Å². The molecule has 1 aliphatic carbocycles. The molecular weight excluding hydrogens is 330 g/mol. The van der Waals surface area contributed by atoms with Crippen LogP contribution < -0.4 is 4.90 Å². The first kappa shape index (κ1) is 16.6. The molecule has 1 aromatic rings. The Morgan fingerprint density at radius 2 is 1.87 bits per heavy atom. The van der Waals surface area contributed by atoms with E-state index in [4.69, 9.17) is 0 Å². The molecule has 0 bridgehead atoms. The average molecular weight is 351 g/mol. The quantitative estimate of drug-likeness (QED) is 0.818. The molecule has 23 heavy (non-hydrogen) atoms. The van der Waals surface area contributed by atoms with Gasteiger partial charge in [0.15, 0.2) is 9.84 Å². The third-order valence-electron chi connectivity index (χ3n) is 4.29. The van der Waals surface area contributed by atoms with Crippen molar-refractivity contribution in [2.45, 2.75) is 37.0 Å². The van der Waals surface area contributed by atoms with E-state index in [9.17, 15) is 13.2 Å². The molecule has 0 aromatic heterocycles. The number of benzene rings is 1. The van der Waals surface area contributed by atoms with Gasteiger partial charge in [0.2, 0.25) is 5.91 Å². The van der Waals surface area contributed by atoms with Crippen molar-refractivity contribution >= 4 is 33.2 Å². The van der Waals surface area contributed by atoms with Gasteiger partial charge >= 0.3 is 0 Å². The van der Waals surface area contributed by atoms with Crippen LogP contribution in [-0.2, 0) is 14.6 Å². The largest absolute Gasteiger partial charge is 0.304 e. The van der Waals surface area contributed by atoms with Crippen LogP contribution in [0.15, 0.2) is 41.8 Å². The fraction of sp³-hybridized carbons (Fsp3) is 0.471. The van der Waals surface area contributed by atoms with Gasteiger partial charge in [-0.1, -0.05) is 31.0 Å². The topological polar surface area (TPSA) is 54.5 Å². The molecule has 1 heterocycles. The van der Waals surface area contributed by atoms with E-state index in [1.807, 2.05) is 30.3 Å². The predicted octanol–water partition coefficient (Wildman–Crippen LogP) is 3.01. The fourth-order valence-electron chi connectivity index (χ4n) is 3.14. The van der Waals surface area contributed by atoms with Crippen LogP contribution in [0.2, 0.25) is 0 Å². The smallest absolute Gasteiger partial charge is 0.237 e. The second kappa shape index (κ2) is 7.09. The summed E-state index contributed by atoms with van der Waals surface area (Å²) in [5.74, 6) is 0.367. The summed E-state index contributed by atoms with van der Waals surface area (Å²) >= 11 is 1.71. The van der Waals surface area contributed by atoms with Crippen LogP contribution in [0.3, 0.4) is 0 Å². The van der Waals surface area contributed by atoms with Gasteiger partial charge < -0.3 is 4.90 Å². The van der Waals surface area contributed by atoms with Gasteiger partial charge in [-0.15, -0.1) is 11.8 Å². The molecule has 0 saturated heterocycles.